The van der Waals surface area contributed by atoms with Crippen molar-refractivity contribution in [3.8, 4) is 0 Å². The Labute approximate surface area is 79.4 Å². The zero-order chi connectivity index (χ0) is 9.68. The van der Waals surface area contributed by atoms with Crippen LogP contribution >= 0.6 is 0 Å². The van der Waals surface area contributed by atoms with E-state index in [2.05, 4.69) is 17.4 Å². The van der Waals surface area contributed by atoms with Gasteiger partial charge in [0.2, 0.25) is 5.91 Å². The monoisotopic (exact) mass is 185 g/mol. The van der Waals surface area contributed by atoms with E-state index in [4.69, 9.17) is 5.84 Å². The SMILES string of the molecule is CN1CCCC(CCC(=O)NN)C1. The van der Waals surface area contributed by atoms with Crippen molar-refractivity contribution in [2.75, 3.05) is 20.1 Å². The predicted octanol–water partition coefficient (Wildman–Crippen LogP) is 0.0983. The minimum Gasteiger partial charge on any atom is -0.306 e. The second kappa shape index (κ2) is 5.19. The van der Waals surface area contributed by atoms with E-state index in [1.54, 1.807) is 0 Å². The summed E-state index contributed by atoms with van der Waals surface area (Å²) in [6.07, 6.45) is 4.04. The van der Waals surface area contributed by atoms with Gasteiger partial charge in [0.25, 0.3) is 0 Å². The van der Waals surface area contributed by atoms with E-state index in [0.29, 0.717) is 12.3 Å². The topological polar surface area (TPSA) is 58.4 Å². The van der Waals surface area contributed by atoms with Gasteiger partial charge < -0.3 is 4.90 Å². The van der Waals surface area contributed by atoms with E-state index in [0.717, 1.165) is 13.0 Å². The molecule has 4 heteroatoms. The fraction of sp³-hybridized carbons (Fsp3) is 0.889. The number of amides is 1. The van der Waals surface area contributed by atoms with Gasteiger partial charge in [-0.2, -0.15) is 0 Å². The molecular formula is C9H19N3O. The summed E-state index contributed by atoms with van der Waals surface area (Å²) in [4.78, 5) is 13.2. The van der Waals surface area contributed by atoms with Crippen molar-refractivity contribution in [2.24, 2.45) is 11.8 Å². The molecule has 1 heterocycles. The van der Waals surface area contributed by atoms with Crippen molar-refractivity contribution in [2.45, 2.75) is 25.7 Å². The quantitative estimate of drug-likeness (QED) is 0.372. The molecule has 13 heavy (non-hydrogen) atoms. The highest BCUT2D eigenvalue weighted by Gasteiger charge is 2.17. The first-order chi connectivity index (χ1) is 6.22. The Morgan fingerprint density at radius 1 is 1.69 bits per heavy atom. The van der Waals surface area contributed by atoms with Gasteiger partial charge >= 0.3 is 0 Å². The zero-order valence-corrected chi connectivity index (χ0v) is 8.25. The Morgan fingerprint density at radius 2 is 2.46 bits per heavy atom. The van der Waals surface area contributed by atoms with E-state index >= 15 is 0 Å². The predicted molar refractivity (Wildman–Crippen MR) is 51.8 cm³/mol. The molecule has 1 atom stereocenters. The molecule has 0 aromatic heterocycles. The van der Waals surface area contributed by atoms with Gasteiger partial charge in [0, 0.05) is 13.0 Å². The average Bonchev–Trinajstić information content (AvgIpc) is 2.14. The first-order valence-electron chi connectivity index (χ1n) is 4.90. The number of rotatable bonds is 3. The number of hydrazine groups is 1. The molecule has 0 spiro atoms. The van der Waals surface area contributed by atoms with Crippen molar-refractivity contribution >= 4 is 5.91 Å². The van der Waals surface area contributed by atoms with Crippen LogP contribution in [0.5, 0.6) is 0 Å². The van der Waals surface area contributed by atoms with Crippen molar-refractivity contribution in [1.82, 2.24) is 10.3 Å². The fourth-order valence-corrected chi connectivity index (χ4v) is 1.92. The molecule has 1 unspecified atom stereocenters. The molecule has 1 saturated heterocycles. The van der Waals surface area contributed by atoms with E-state index in [1.165, 1.54) is 19.4 Å². The summed E-state index contributed by atoms with van der Waals surface area (Å²) >= 11 is 0. The molecule has 1 amide bonds. The number of carbonyl (C=O) groups excluding carboxylic acids is 1. The van der Waals surface area contributed by atoms with E-state index in [-0.39, 0.29) is 5.91 Å². The third-order valence-corrected chi connectivity index (χ3v) is 2.66. The standard InChI is InChI=1S/C9H19N3O/c1-12-6-2-3-8(7-12)4-5-9(13)11-10/h8H,2-7,10H2,1H3,(H,11,13). The molecule has 4 nitrogen and oxygen atoms in total. The van der Waals surface area contributed by atoms with Crippen LogP contribution in [-0.2, 0) is 4.79 Å². The highest BCUT2D eigenvalue weighted by Crippen LogP contribution is 2.19. The fourth-order valence-electron chi connectivity index (χ4n) is 1.92. The summed E-state index contributed by atoms with van der Waals surface area (Å²) in [6.45, 7) is 2.32. The summed E-state index contributed by atoms with van der Waals surface area (Å²) in [6, 6.07) is 0. The minimum atomic E-state index is -0.0479. The number of piperidine rings is 1. The van der Waals surface area contributed by atoms with Crippen LogP contribution in [-0.4, -0.2) is 30.9 Å². The number of hydrogen-bond acceptors (Lipinski definition) is 3. The molecule has 0 aromatic rings. The maximum absolute atomic E-state index is 10.9. The van der Waals surface area contributed by atoms with Crippen LogP contribution in [0.3, 0.4) is 0 Å². The molecule has 1 aliphatic heterocycles. The third-order valence-electron chi connectivity index (χ3n) is 2.66. The van der Waals surface area contributed by atoms with Crippen LogP contribution in [0.4, 0.5) is 0 Å². The van der Waals surface area contributed by atoms with Crippen LogP contribution in [0.25, 0.3) is 0 Å². The van der Waals surface area contributed by atoms with Gasteiger partial charge in [0.05, 0.1) is 0 Å². The molecule has 0 aliphatic carbocycles. The number of carbonyl (C=O) groups is 1. The van der Waals surface area contributed by atoms with Crippen LogP contribution in [0.1, 0.15) is 25.7 Å². The summed E-state index contributed by atoms with van der Waals surface area (Å²) in [5.74, 6) is 5.63. The minimum absolute atomic E-state index is 0.0479. The molecule has 0 radical (unpaired) electrons. The highest BCUT2D eigenvalue weighted by molar-refractivity contribution is 5.75. The number of nitrogens with one attached hydrogen (secondary N) is 1. The largest absolute Gasteiger partial charge is 0.306 e. The van der Waals surface area contributed by atoms with Gasteiger partial charge in [-0.1, -0.05) is 0 Å². The molecule has 1 rings (SSSR count). The summed E-state index contributed by atoms with van der Waals surface area (Å²) in [5, 5.41) is 0. The van der Waals surface area contributed by atoms with E-state index < -0.39 is 0 Å². The van der Waals surface area contributed by atoms with Gasteiger partial charge in [-0.25, -0.2) is 5.84 Å². The molecule has 1 aliphatic rings. The van der Waals surface area contributed by atoms with Crippen LogP contribution in [0.2, 0.25) is 0 Å². The van der Waals surface area contributed by atoms with Crippen molar-refractivity contribution < 1.29 is 4.79 Å². The number of nitrogens with two attached hydrogens (primary N) is 1. The smallest absolute Gasteiger partial charge is 0.233 e. The Balaban J connectivity index is 2.17. The summed E-state index contributed by atoms with van der Waals surface area (Å²) < 4.78 is 0. The maximum Gasteiger partial charge on any atom is 0.233 e. The van der Waals surface area contributed by atoms with E-state index in [1.807, 2.05) is 0 Å². The first-order valence-corrected chi connectivity index (χ1v) is 4.90. The van der Waals surface area contributed by atoms with Gasteiger partial charge in [-0.15, -0.1) is 0 Å². The van der Waals surface area contributed by atoms with Crippen molar-refractivity contribution in [3.05, 3.63) is 0 Å². The third kappa shape index (κ3) is 3.74. The Morgan fingerprint density at radius 3 is 3.08 bits per heavy atom. The number of nitrogens with zero attached hydrogens (tertiary/aromatic N) is 1. The van der Waals surface area contributed by atoms with Crippen molar-refractivity contribution in [1.29, 1.82) is 0 Å². The molecule has 3 N–H and O–H groups in total. The lowest BCUT2D eigenvalue weighted by atomic mass is 9.94. The van der Waals surface area contributed by atoms with Gasteiger partial charge in [0.1, 0.15) is 0 Å². The van der Waals surface area contributed by atoms with Crippen LogP contribution in [0.15, 0.2) is 0 Å². The zero-order valence-electron chi connectivity index (χ0n) is 8.25. The van der Waals surface area contributed by atoms with Gasteiger partial charge in [-0.3, -0.25) is 10.2 Å². The van der Waals surface area contributed by atoms with E-state index in [9.17, 15) is 4.79 Å². The lowest BCUT2D eigenvalue weighted by Gasteiger charge is -2.29. The molecule has 0 bridgehead atoms. The molecule has 0 saturated carbocycles. The Kier molecular flexibility index (Phi) is 4.18. The maximum atomic E-state index is 10.9. The highest BCUT2D eigenvalue weighted by atomic mass is 16.2. The first kappa shape index (κ1) is 10.5. The number of hydrogen-bond donors (Lipinski definition) is 2. The molecule has 1 fully saturated rings. The van der Waals surface area contributed by atoms with Crippen molar-refractivity contribution in [3.63, 3.8) is 0 Å². The Bertz CT molecular complexity index is 172. The average molecular weight is 185 g/mol. The van der Waals surface area contributed by atoms with Crippen LogP contribution < -0.4 is 11.3 Å². The normalized spacial score (nSPS) is 24.3. The Hall–Kier alpha value is -0.610. The van der Waals surface area contributed by atoms with Crippen LogP contribution in [0, 0.1) is 5.92 Å². The lowest BCUT2D eigenvalue weighted by Crippen LogP contribution is -2.34. The summed E-state index contributed by atoms with van der Waals surface area (Å²) in [5.41, 5.74) is 2.16. The molecule has 0 aromatic carbocycles. The second-order valence-electron chi connectivity index (χ2n) is 3.88. The second-order valence-corrected chi connectivity index (χ2v) is 3.88. The van der Waals surface area contributed by atoms with Gasteiger partial charge in [-0.05, 0) is 38.8 Å². The molecule has 76 valence electrons. The number of likely N-dealkylation sites (tertiary alicyclic amines) is 1. The van der Waals surface area contributed by atoms with Gasteiger partial charge in [0.15, 0.2) is 0 Å². The summed E-state index contributed by atoms with van der Waals surface area (Å²) in [7, 11) is 2.13. The lowest BCUT2D eigenvalue weighted by molar-refractivity contribution is -0.121. The molecular weight excluding hydrogens is 166 g/mol.